The predicted molar refractivity (Wildman–Crippen MR) is 61.4 cm³/mol. The van der Waals surface area contributed by atoms with Gasteiger partial charge in [-0.2, -0.15) is 18.2 Å². The van der Waals surface area contributed by atoms with Crippen LogP contribution in [0.1, 0.15) is 19.0 Å². The second-order valence-corrected chi connectivity index (χ2v) is 3.64. The van der Waals surface area contributed by atoms with E-state index in [9.17, 15) is 13.2 Å². The lowest BCUT2D eigenvalue weighted by atomic mass is 10.2. The summed E-state index contributed by atoms with van der Waals surface area (Å²) in [5.41, 5.74) is -1.03. The molecule has 0 saturated carbocycles. The molecule has 1 aromatic heterocycles. The largest absolute Gasteiger partial charge is 0.433 e. The third kappa shape index (κ3) is 3.73. The zero-order valence-electron chi connectivity index (χ0n) is 10.0. The molecule has 0 spiro atoms. The molecule has 0 radical (unpaired) electrons. The van der Waals surface area contributed by atoms with Gasteiger partial charge in [-0.3, -0.25) is 0 Å². The quantitative estimate of drug-likeness (QED) is 0.755. The van der Waals surface area contributed by atoms with Gasteiger partial charge in [0, 0.05) is 13.1 Å². The van der Waals surface area contributed by atoms with E-state index in [1.165, 1.54) is 7.05 Å². The molecule has 102 valence electrons. The molecule has 3 N–H and O–H groups in total. The van der Waals surface area contributed by atoms with E-state index in [1.54, 1.807) is 6.92 Å². The van der Waals surface area contributed by atoms with E-state index in [2.05, 4.69) is 20.6 Å². The summed E-state index contributed by atoms with van der Waals surface area (Å²) in [4.78, 5) is 7.19. The Morgan fingerprint density at radius 3 is 2.50 bits per heavy atom. The summed E-state index contributed by atoms with van der Waals surface area (Å²) in [5, 5.41) is 14.2. The number of alkyl halides is 3. The third-order valence-electron chi connectivity index (χ3n) is 2.31. The van der Waals surface area contributed by atoms with Crippen LogP contribution in [0.15, 0.2) is 6.07 Å². The maximum absolute atomic E-state index is 12.6. The normalized spacial score (nSPS) is 13.2. The Morgan fingerprint density at radius 1 is 1.39 bits per heavy atom. The summed E-state index contributed by atoms with van der Waals surface area (Å²) in [6.07, 6.45) is -3.97. The molecule has 0 fully saturated rings. The van der Waals surface area contributed by atoms with Gasteiger partial charge >= 0.3 is 6.18 Å². The van der Waals surface area contributed by atoms with Crippen LogP contribution in [0.3, 0.4) is 0 Å². The van der Waals surface area contributed by atoms with E-state index in [1.807, 2.05) is 0 Å². The van der Waals surface area contributed by atoms with Crippen LogP contribution < -0.4 is 10.6 Å². The average molecular weight is 264 g/mol. The highest BCUT2D eigenvalue weighted by atomic mass is 19.4. The highest BCUT2D eigenvalue weighted by molar-refractivity contribution is 5.43. The van der Waals surface area contributed by atoms with Crippen LogP contribution >= 0.6 is 0 Å². The van der Waals surface area contributed by atoms with Crippen molar-refractivity contribution in [2.45, 2.75) is 25.6 Å². The molecule has 0 bridgehead atoms. The first kappa shape index (κ1) is 14.5. The van der Waals surface area contributed by atoms with Gasteiger partial charge in [-0.25, -0.2) is 4.98 Å². The number of nitrogens with one attached hydrogen (secondary N) is 2. The maximum atomic E-state index is 12.6. The van der Waals surface area contributed by atoms with E-state index in [4.69, 9.17) is 5.11 Å². The number of hydrogen-bond acceptors (Lipinski definition) is 5. The Kier molecular flexibility index (Phi) is 4.71. The molecule has 1 rings (SSSR count). The Hall–Kier alpha value is -1.57. The standard InChI is InChI=1S/C10H15F3N4O/c1-3-6(5-18)15-8-4-7(10(11,12)13)16-9(14-2)17-8/h4,6,18H,3,5H2,1-2H3,(H2,14,15,16,17). The lowest BCUT2D eigenvalue weighted by Gasteiger charge is -2.16. The van der Waals surface area contributed by atoms with Crippen LogP contribution in [-0.2, 0) is 6.18 Å². The SMILES string of the molecule is CCC(CO)Nc1cc(C(F)(F)F)nc(NC)n1. The van der Waals surface area contributed by atoms with E-state index >= 15 is 0 Å². The summed E-state index contributed by atoms with van der Waals surface area (Å²) < 4.78 is 37.8. The second kappa shape index (κ2) is 5.85. The minimum Gasteiger partial charge on any atom is -0.394 e. The summed E-state index contributed by atoms with van der Waals surface area (Å²) >= 11 is 0. The van der Waals surface area contributed by atoms with Crippen molar-refractivity contribution >= 4 is 11.8 Å². The first-order valence-electron chi connectivity index (χ1n) is 5.42. The molecule has 0 aliphatic carbocycles. The molecule has 0 aliphatic heterocycles. The van der Waals surface area contributed by atoms with E-state index < -0.39 is 11.9 Å². The van der Waals surface area contributed by atoms with Gasteiger partial charge in [0.2, 0.25) is 5.95 Å². The van der Waals surface area contributed by atoms with E-state index in [0.29, 0.717) is 6.42 Å². The van der Waals surface area contributed by atoms with Crippen LogP contribution in [0, 0.1) is 0 Å². The maximum Gasteiger partial charge on any atom is 0.433 e. The molecule has 1 aromatic rings. The van der Waals surface area contributed by atoms with Gasteiger partial charge in [-0.05, 0) is 6.42 Å². The van der Waals surface area contributed by atoms with E-state index in [0.717, 1.165) is 6.07 Å². The Bertz CT molecular complexity index is 393. The minimum absolute atomic E-state index is 0.0302. The molecule has 8 heteroatoms. The molecule has 1 heterocycles. The van der Waals surface area contributed by atoms with Gasteiger partial charge in [-0.15, -0.1) is 0 Å². The van der Waals surface area contributed by atoms with Gasteiger partial charge in [0.05, 0.1) is 12.6 Å². The van der Waals surface area contributed by atoms with Crippen molar-refractivity contribution in [3.05, 3.63) is 11.8 Å². The summed E-state index contributed by atoms with van der Waals surface area (Å²) in [6, 6.07) is 0.477. The fraction of sp³-hybridized carbons (Fsp3) is 0.600. The fourth-order valence-corrected chi connectivity index (χ4v) is 1.26. The van der Waals surface area contributed by atoms with Crippen molar-refractivity contribution < 1.29 is 18.3 Å². The second-order valence-electron chi connectivity index (χ2n) is 3.64. The van der Waals surface area contributed by atoms with Crippen LogP contribution in [-0.4, -0.2) is 34.8 Å². The molecule has 0 amide bonds. The highest BCUT2D eigenvalue weighted by Crippen LogP contribution is 2.29. The van der Waals surface area contributed by atoms with Gasteiger partial charge in [0.1, 0.15) is 5.82 Å². The topological polar surface area (TPSA) is 70.1 Å². The number of aliphatic hydroxyl groups is 1. The van der Waals surface area contributed by atoms with Crippen molar-refractivity contribution in [2.24, 2.45) is 0 Å². The first-order valence-corrected chi connectivity index (χ1v) is 5.42. The average Bonchev–Trinajstić information content (AvgIpc) is 2.34. The van der Waals surface area contributed by atoms with Crippen molar-refractivity contribution in [3.8, 4) is 0 Å². The first-order chi connectivity index (χ1) is 8.40. The molecular weight excluding hydrogens is 249 g/mol. The summed E-state index contributed by atoms with van der Waals surface area (Å²) in [7, 11) is 1.43. The molecule has 1 unspecified atom stereocenters. The number of halogens is 3. The van der Waals surface area contributed by atoms with Crippen LogP contribution in [0.5, 0.6) is 0 Å². The number of aliphatic hydroxyl groups excluding tert-OH is 1. The molecule has 0 aliphatic rings. The summed E-state index contributed by atoms with van der Waals surface area (Å²) in [5.74, 6) is -0.0947. The van der Waals surface area contributed by atoms with E-state index in [-0.39, 0.29) is 24.4 Å². The molecule has 0 aromatic carbocycles. The van der Waals surface area contributed by atoms with Gasteiger partial charge in [0.25, 0.3) is 0 Å². The zero-order valence-corrected chi connectivity index (χ0v) is 10.0. The third-order valence-corrected chi connectivity index (χ3v) is 2.31. The molecular formula is C10H15F3N4O. The molecule has 0 saturated heterocycles. The number of rotatable bonds is 5. The van der Waals surface area contributed by atoms with Crippen LogP contribution in [0.25, 0.3) is 0 Å². The molecule has 18 heavy (non-hydrogen) atoms. The van der Waals surface area contributed by atoms with Crippen molar-refractivity contribution in [2.75, 3.05) is 24.3 Å². The highest BCUT2D eigenvalue weighted by Gasteiger charge is 2.33. The Morgan fingerprint density at radius 2 is 2.06 bits per heavy atom. The van der Waals surface area contributed by atoms with Crippen LogP contribution in [0.2, 0.25) is 0 Å². The number of hydrogen-bond donors (Lipinski definition) is 3. The fourth-order valence-electron chi connectivity index (χ4n) is 1.26. The number of nitrogens with zero attached hydrogens (tertiary/aromatic N) is 2. The summed E-state index contributed by atoms with van der Waals surface area (Å²) in [6.45, 7) is 1.62. The van der Waals surface area contributed by atoms with Crippen molar-refractivity contribution in [3.63, 3.8) is 0 Å². The van der Waals surface area contributed by atoms with Gasteiger partial charge in [0.15, 0.2) is 5.69 Å². The lowest BCUT2D eigenvalue weighted by molar-refractivity contribution is -0.141. The van der Waals surface area contributed by atoms with Crippen molar-refractivity contribution in [1.29, 1.82) is 0 Å². The minimum atomic E-state index is -4.54. The van der Waals surface area contributed by atoms with Crippen LogP contribution in [0.4, 0.5) is 24.9 Å². The van der Waals surface area contributed by atoms with Crippen molar-refractivity contribution in [1.82, 2.24) is 9.97 Å². The van der Waals surface area contributed by atoms with Gasteiger partial charge < -0.3 is 15.7 Å². The molecule has 1 atom stereocenters. The van der Waals surface area contributed by atoms with Gasteiger partial charge in [-0.1, -0.05) is 6.92 Å². The Labute approximate surface area is 102 Å². The lowest BCUT2D eigenvalue weighted by Crippen LogP contribution is -2.24. The number of aromatic nitrogens is 2. The number of anilines is 2. The smallest absolute Gasteiger partial charge is 0.394 e. The Balaban J connectivity index is 3.04. The molecule has 5 nitrogen and oxygen atoms in total. The zero-order chi connectivity index (χ0) is 13.8. The predicted octanol–water partition coefficient (Wildman–Crippen LogP) is 1.72. The monoisotopic (exact) mass is 264 g/mol.